The topological polar surface area (TPSA) is 128 Å². The van der Waals surface area contributed by atoms with Crippen LogP contribution in [-0.4, -0.2) is 9.97 Å². The maximum atomic E-state index is 9.13. The number of hydrogen-bond donors (Lipinski definition) is 3. The molecular weight excluding hydrogens is 260 g/mol. The Balaban J connectivity index is 2.35. The van der Waals surface area contributed by atoms with E-state index in [1.807, 2.05) is 12.1 Å². The molecule has 0 fully saturated rings. The molecular formula is C12H12N6S. The Labute approximate surface area is 114 Å². The summed E-state index contributed by atoms with van der Waals surface area (Å²) >= 11 is 1.24. The molecule has 0 bridgehead atoms. The molecule has 6 N–H and O–H groups in total. The van der Waals surface area contributed by atoms with Gasteiger partial charge in [0.15, 0.2) is 5.16 Å². The van der Waals surface area contributed by atoms with Crippen molar-refractivity contribution in [3.8, 4) is 6.07 Å². The van der Waals surface area contributed by atoms with Crippen molar-refractivity contribution < 1.29 is 0 Å². The standard InChI is InChI=1S/C12H12N6S/c13-5-7-1-2-9(8(3-7)6-14)19-12-17-10(15)4-11(16)18-12/h1-4H,5,13H2,(H4,15,16,17,18). The Morgan fingerprint density at radius 1 is 1.16 bits per heavy atom. The summed E-state index contributed by atoms with van der Waals surface area (Å²) in [7, 11) is 0. The molecule has 1 aromatic carbocycles. The summed E-state index contributed by atoms with van der Waals surface area (Å²) in [6.45, 7) is 0.390. The number of nitrogen functional groups attached to an aromatic ring is 2. The highest BCUT2D eigenvalue weighted by atomic mass is 32.2. The second-order valence-corrected chi connectivity index (χ2v) is 4.76. The molecule has 6 nitrogen and oxygen atoms in total. The van der Waals surface area contributed by atoms with Crippen LogP contribution in [0.3, 0.4) is 0 Å². The molecule has 96 valence electrons. The largest absolute Gasteiger partial charge is 0.383 e. The van der Waals surface area contributed by atoms with E-state index in [1.54, 1.807) is 6.07 Å². The minimum Gasteiger partial charge on any atom is -0.383 e. The third-order valence-corrected chi connectivity index (χ3v) is 3.29. The number of nitriles is 1. The van der Waals surface area contributed by atoms with Crippen LogP contribution in [0.15, 0.2) is 34.3 Å². The Bertz CT molecular complexity index is 629. The van der Waals surface area contributed by atoms with Crippen molar-refractivity contribution >= 4 is 23.4 Å². The number of anilines is 2. The van der Waals surface area contributed by atoms with Gasteiger partial charge in [0.25, 0.3) is 0 Å². The van der Waals surface area contributed by atoms with Gasteiger partial charge in [0.05, 0.1) is 5.56 Å². The molecule has 0 spiro atoms. The summed E-state index contributed by atoms with van der Waals surface area (Å²) in [6.07, 6.45) is 0. The molecule has 0 saturated carbocycles. The van der Waals surface area contributed by atoms with Crippen molar-refractivity contribution in [3.05, 3.63) is 35.4 Å². The fourth-order valence-corrected chi connectivity index (χ4v) is 2.34. The van der Waals surface area contributed by atoms with Crippen LogP contribution in [0.5, 0.6) is 0 Å². The van der Waals surface area contributed by atoms with E-state index in [4.69, 9.17) is 22.5 Å². The molecule has 7 heteroatoms. The number of aromatic nitrogens is 2. The molecule has 0 radical (unpaired) electrons. The molecule has 0 aliphatic rings. The molecule has 2 aromatic rings. The van der Waals surface area contributed by atoms with Crippen molar-refractivity contribution in [3.63, 3.8) is 0 Å². The van der Waals surface area contributed by atoms with Crippen LogP contribution < -0.4 is 17.2 Å². The van der Waals surface area contributed by atoms with Crippen LogP contribution in [0.4, 0.5) is 11.6 Å². The van der Waals surface area contributed by atoms with E-state index in [2.05, 4.69) is 16.0 Å². The molecule has 1 heterocycles. The van der Waals surface area contributed by atoms with Crippen LogP contribution in [0, 0.1) is 11.3 Å². The highest BCUT2D eigenvalue weighted by molar-refractivity contribution is 7.99. The average molecular weight is 272 g/mol. The molecule has 19 heavy (non-hydrogen) atoms. The zero-order valence-corrected chi connectivity index (χ0v) is 10.8. The number of rotatable bonds is 3. The molecule has 0 saturated heterocycles. The van der Waals surface area contributed by atoms with E-state index in [0.29, 0.717) is 28.9 Å². The van der Waals surface area contributed by atoms with E-state index >= 15 is 0 Å². The average Bonchev–Trinajstić information content (AvgIpc) is 2.38. The van der Waals surface area contributed by atoms with Gasteiger partial charge in [0.2, 0.25) is 0 Å². The van der Waals surface area contributed by atoms with Crippen LogP contribution in [0.1, 0.15) is 11.1 Å². The quantitative estimate of drug-likeness (QED) is 0.714. The normalized spacial score (nSPS) is 10.1. The molecule has 0 atom stereocenters. The van der Waals surface area contributed by atoms with Crippen molar-refractivity contribution in [1.82, 2.24) is 9.97 Å². The number of nitrogens with two attached hydrogens (primary N) is 3. The first kappa shape index (κ1) is 13.1. The van der Waals surface area contributed by atoms with Gasteiger partial charge >= 0.3 is 0 Å². The lowest BCUT2D eigenvalue weighted by atomic mass is 10.1. The van der Waals surface area contributed by atoms with Gasteiger partial charge in [-0.2, -0.15) is 5.26 Å². The van der Waals surface area contributed by atoms with Crippen molar-refractivity contribution in [2.45, 2.75) is 16.6 Å². The number of hydrogen-bond acceptors (Lipinski definition) is 7. The lowest BCUT2D eigenvalue weighted by molar-refractivity contribution is 0.983. The summed E-state index contributed by atoms with van der Waals surface area (Å²) in [4.78, 5) is 8.87. The second kappa shape index (κ2) is 5.56. The Hall–Kier alpha value is -2.30. The van der Waals surface area contributed by atoms with Gasteiger partial charge in [-0.05, 0) is 29.5 Å². The highest BCUT2D eigenvalue weighted by Gasteiger charge is 2.08. The van der Waals surface area contributed by atoms with E-state index < -0.39 is 0 Å². The molecule has 0 amide bonds. The van der Waals surface area contributed by atoms with Crippen LogP contribution in [0.2, 0.25) is 0 Å². The summed E-state index contributed by atoms with van der Waals surface area (Å²) in [5.74, 6) is 0.596. The lowest BCUT2D eigenvalue weighted by Crippen LogP contribution is -2.00. The Kier molecular flexibility index (Phi) is 3.85. The maximum Gasteiger partial charge on any atom is 0.196 e. The van der Waals surface area contributed by atoms with E-state index in [0.717, 1.165) is 10.5 Å². The monoisotopic (exact) mass is 272 g/mol. The Morgan fingerprint density at radius 3 is 2.42 bits per heavy atom. The van der Waals surface area contributed by atoms with Gasteiger partial charge in [-0.15, -0.1) is 0 Å². The van der Waals surface area contributed by atoms with E-state index in [1.165, 1.54) is 17.8 Å². The van der Waals surface area contributed by atoms with Crippen molar-refractivity contribution in [2.24, 2.45) is 5.73 Å². The summed E-state index contributed by atoms with van der Waals surface area (Å²) in [5.41, 5.74) is 18.2. The first-order valence-corrected chi connectivity index (χ1v) is 6.25. The van der Waals surface area contributed by atoms with Crippen LogP contribution in [-0.2, 0) is 6.54 Å². The van der Waals surface area contributed by atoms with Crippen LogP contribution >= 0.6 is 11.8 Å². The summed E-state index contributed by atoms with van der Waals surface area (Å²) in [5, 5.41) is 9.54. The molecule has 0 aliphatic heterocycles. The maximum absolute atomic E-state index is 9.13. The molecule has 0 unspecified atom stereocenters. The second-order valence-electron chi connectivity index (χ2n) is 3.75. The summed E-state index contributed by atoms with van der Waals surface area (Å²) in [6, 6.07) is 9.03. The molecule has 1 aromatic heterocycles. The number of benzene rings is 1. The third-order valence-electron chi connectivity index (χ3n) is 2.35. The van der Waals surface area contributed by atoms with Crippen LogP contribution in [0.25, 0.3) is 0 Å². The summed E-state index contributed by atoms with van der Waals surface area (Å²) < 4.78 is 0. The van der Waals surface area contributed by atoms with Gasteiger partial charge in [-0.3, -0.25) is 0 Å². The smallest absolute Gasteiger partial charge is 0.196 e. The first-order valence-electron chi connectivity index (χ1n) is 5.43. The fourth-order valence-electron chi connectivity index (χ4n) is 1.49. The number of nitrogens with zero attached hydrogens (tertiary/aromatic N) is 3. The minimum absolute atomic E-state index is 0.298. The van der Waals surface area contributed by atoms with Gasteiger partial charge in [-0.25, -0.2) is 9.97 Å². The SMILES string of the molecule is N#Cc1cc(CN)ccc1Sc1nc(N)cc(N)n1. The molecule has 0 aliphatic carbocycles. The third kappa shape index (κ3) is 3.13. The minimum atomic E-state index is 0.298. The van der Waals surface area contributed by atoms with E-state index in [-0.39, 0.29) is 0 Å². The lowest BCUT2D eigenvalue weighted by Gasteiger charge is -2.05. The van der Waals surface area contributed by atoms with Gasteiger partial charge in [-0.1, -0.05) is 6.07 Å². The van der Waals surface area contributed by atoms with Gasteiger partial charge in [0.1, 0.15) is 17.7 Å². The zero-order valence-electron chi connectivity index (χ0n) is 10.00. The van der Waals surface area contributed by atoms with Gasteiger partial charge < -0.3 is 17.2 Å². The predicted molar refractivity (Wildman–Crippen MR) is 74.0 cm³/mol. The fraction of sp³-hybridized carbons (Fsp3) is 0.0833. The first-order chi connectivity index (χ1) is 9.12. The highest BCUT2D eigenvalue weighted by Crippen LogP contribution is 2.29. The predicted octanol–water partition coefficient (Wildman–Crippen LogP) is 1.12. The van der Waals surface area contributed by atoms with Gasteiger partial charge in [0, 0.05) is 17.5 Å². The molecule has 2 rings (SSSR count). The van der Waals surface area contributed by atoms with Crippen molar-refractivity contribution in [1.29, 1.82) is 5.26 Å². The Morgan fingerprint density at radius 2 is 1.84 bits per heavy atom. The van der Waals surface area contributed by atoms with E-state index in [9.17, 15) is 0 Å². The zero-order chi connectivity index (χ0) is 13.8. The van der Waals surface area contributed by atoms with Crippen molar-refractivity contribution in [2.75, 3.05) is 11.5 Å².